The third kappa shape index (κ3) is 3.78. The van der Waals surface area contributed by atoms with Crippen LogP contribution in [0.25, 0.3) is 0 Å². The van der Waals surface area contributed by atoms with Crippen LogP contribution in [-0.2, 0) is 21.4 Å². The normalized spacial score (nSPS) is 20.6. The highest BCUT2D eigenvalue weighted by Crippen LogP contribution is 2.20. The summed E-state index contributed by atoms with van der Waals surface area (Å²) in [6.45, 7) is 0.907. The van der Waals surface area contributed by atoms with Crippen LogP contribution >= 0.6 is 11.3 Å². The van der Waals surface area contributed by atoms with E-state index in [0.717, 1.165) is 12.0 Å². The molecule has 1 saturated heterocycles. The van der Waals surface area contributed by atoms with Gasteiger partial charge in [-0.25, -0.2) is 0 Å². The van der Waals surface area contributed by atoms with E-state index in [9.17, 15) is 17.1 Å². The van der Waals surface area contributed by atoms with Crippen LogP contribution in [0.5, 0.6) is 0 Å². The minimum Gasteiger partial charge on any atom is -0.342 e. The molecule has 0 aliphatic carbocycles. The zero-order chi connectivity index (χ0) is 13.2. The van der Waals surface area contributed by atoms with Crippen LogP contribution < -0.4 is 0 Å². The number of amides is 1. The van der Waals surface area contributed by atoms with Gasteiger partial charge in [0.05, 0.1) is 5.75 Å². The first-order valence-electron chi connectivity index (χ1n) is 5.65. The lowest BCUT2D eigenvalue weighted by molar-refractivity contribution is -0.127. The van der Waals surface area contributed by atoms with Gasteiger partial charge in [-0.05, 0) is 28.8 Å². The molecular weight excluding hydrogens is 277 g/mol. The van der Waals surface area contributed by atoms with Gasteiger partial charge in [0.1, 0.15) is 0 Å². The molecule has 1 amide bonds. The molecule has 18 heavy (non-hydrogen) atoms. The molecule has 7 heteroatoms. The van der Waals surface area contributed by atoms with Crippen LogP contribution in [0, 0.1) is 5.92 Å². The number of thiophene rings is 1. The fourth-order valence-corrected chi connectivity index (χ4v) is 3.65. The second kappa shape index (κ2) is 5.36. The van der Waals surface area contributed by atoms with Gasteiger partial charge in [-0.3, -0.25) is 4.79 Å². The van der Waals surface area contributed by atoms with Gasteiger partial charge in [0.15, 0.2) is 0 Å². The first-order valence-corrected chi connectivity index (χ1v) is 8.15. The van der Waals surface area contributed by atoms with Crippen molar-refractivity contribution < 1.29 is 17.1 Å². The summed E-state index contributed by atoms with van der Waals surface area (Å²) < 4.78 is 33.6. The number of halogens is 1. The molecule has 1 unspecified atom stereocenters. The van der Waals surface area contributed by atoms with Crippen molar-refractivity contribution >= 4 is 27.5 Å². The highest BCUT2D eigenvalue weighted by molar-refractivity contribution is 7.86. The van der Waals surface area contributed by atoms with Gasteiger partial charge >= 0.3 is 10.2 Å². The van der Waals surface area contributed by atoms with Gasteiger partial charge in [-0.15, -0.1) is 3.89 Å². The van der Waals surface area contributed by atoms with Crippen molar-refractivity contribution in [3.05, 3.63) is 22.4 Å². The second-order valence-corrected chi connectivity index (χ2v) is 6.69. The highest BCUT2D eigenvalue weighted by atomic mass is 32.3. The maximum atomic E-state index is 12.5. The summed E-state index contributed by atoms with van der Waals surface area (Å²) in [6.07, 6.45) is 0.886. The minimum absolute atomic E-state index is 0.0844. The molecule has 0 bridgehead atoms. The predicted molar refractivity (Wildman–Crippen MR) is 67.6 cm³/mol. The Balaban J connectivity index is 1.86. The van der Waals surface area contributed by atoms with E-state index in [0.29, 0.717) is 13.1 Å². The average Bonchev–Trinajstić information content (AvgIpc) is 2.83. The first-order chi connectivity index (χ1) is 8.44. The van der Waals surface area contributed by atoms with Crippen LogP contribution in [0.15, 0.2) is 16.8 Å². The molecule has 0 N–H and O–H groups in total. The Morgan fingerprint density at radius 1 is 1.50 bits per heavy atom. The third-order valence-corrected chi connectivity index (χ3v) is 4.58. The van der Waals surface area contributed by atoms with E-state index in [2.05, 4.69) is 0 Å². The summed E-state index contributed by atoms with van der Waals surface area (Å²) in [5, 5.41) is 3.99. The van der Waals surface area contributed by atoms with E-state index < -0.39 is 21.9 Å². The van der Waals surface area contributed by atoms with Gasteiger partial charge in [0.25, 0.3) is 0 Å². The predicted octanol–water partition coefficient (Wildman–Crippen LogP) is 1.44. The van der Waals surface area contributed by atoms with E-state index in [4.69, 9.17) is 0 Å². The zero-order valence-corrected chi connectivity index (χ0v) is 11.3. The Kier molecular flexibility index (Phi) is 4.01. The molecule has 0 spiro atoms. The van der Waals surface area contributed by atoms with E-state index >= 15 is 0 Å². The smallest absolute Gasteiger partial charge is 0.302 e. The number of nitrogens with zero attached hydrogens (tertiary/aromatic N) is 1. The monoisotopic (exact) mass is 291 g/mol. The molecule has 1 fully saturated rings. The maximum absolute atomic E-state index is 12.5. The number of likely N-dealkylation sites (tertiary alicyclic amines) is 1. The van der Waals surface area contributed by atoms with Crippen LogP contribution in [0.2, 0.25) is 0 Å². The van der Waals surface area contributed by atoms with Gasteiger partial charge in [0, 0.05) is 25.4 Å². The van der Waals surface area contributed by atoms with Crippen LogP contribution in [0.4, 0.5) is 3.89 Å². The van der Waals surface area contributed by atoms with Gasteiger partial charge < -0.3 is 4.90 Å². The third-order valence-electron chi connectivity index (χ3n) is 2.98. The molecule has 1 aliphatic heterocycles. The van der Waals surface area contributed by atoms with Crippen LogP contribution in [0.1, 0.15) is 12.0 Å². The Morgan fingerprint density at radius 2 is 2.28 bits per heavy atom. The molecule has 1 aliphatic rings. The van der Waals surface area contributed by atoms with E-state index in [1.54, 1.807) is 16.2 Å². The Bertz CT molecular complexity index is 512. The SMILES string of the molecule is O=C1CC(CS(=O)(=O)F)CN1CCc1ccsc1. The lowest BCUT2D eigenvalue weighted by atomic mass is 10.1. The van der Waals surface area contributed by atoms with Crippen molar-refractivity contribution in [2.45, 2.75) is 12.8 Å². The van der Waals surface area contributed by atoms with Crippen molar-refractivity contribution in [3.8, 4) is 0 Å². The van der Waals surface area contributed by atoms with Crippen LogP contribution in [0.3, 0.4) is 0 Å². The molecule has 0 aromatic carbocycles. The summed E-state index contributed by atoms with van der Waals surface area (Å²) in [5.41, 5.74) is 1.16. The average molecular weight is 291 g/mol. The second-order valence-electron chi connectivity index (χ2n) is 4.50. The van der Waals surface area contributed by atoms with Crippen molar-refractivity contribution in [1.82, 2.24) is 4.90 Å². The van der Waals surface area contributed by atoms with E-state index in [1.807, 2.05) is 16.8 Å². The Hall–Kier alpha value is -0.950. The van der Waals surface area contributed by atoms with Crippen molar-refractivity contribution in [2.75, 3.05) is 18.8 Å². The number of carbonyl (C=O) groups is 1. The summed E-state index contributed by atoms with van der Waals surface area (Å²) in [7, 11) is -4.49. The Morgan fingerprint density at radius 3 is 2.89 bits per heavy atom. The molecule has 1 aromatic heterocycles. The largest absolute Gasteiger partial charge is 0.342 e. The molecule has 2 rings (SSSR count). The molecule has 1 atom stereocenters. The summed E-state index contributed by atoms with van der Waals surface area (Å²) in [5.74, 6) is -1.04. The highest BCUT2D eigenvalue weighted by Gasteiger charge is 2.32. The lowest BCUT2D eigenvalue weighted by Crippen LogP contribution is -2.28. The van der Waals surface area contributed by atoms with Crippen LogP contribution in [-0.4, -0.2) is 38.1 Å². The van der Waals surface area contributed by atoms with Crippen molar-refractivity contribution in [2.24, 2.45) is 5.92 Å². The number of hydrogen-bond donors (Lipinski definition) is 0. The topological polar surface area (TPSA) is 54.5 Å². The summed E-state index contributed by atoms with van der Waals surface area (Å²) >= 11 is 1.60. The van der Waals surface area contributed by atoms with E-state index in [-0.39, 0.29) is 12.3 Å². The number of rotatable bonds is 5. The molecule has 0 saturated carbocycles. The molecule has 100 valence electrons. The molecule has 0 radical (unpaired) electrons. The molecule has 1 aromatic rings. The number of hydrogen-bond acceptors (Lipinski definition) is 4. The summed E-state index contributed by atoms with van der Waals surface area (Å²) in [6, 6.07) is 1.99. The number of carbonyl (C=O) groups excluding carboxylic acids is 1. The van der Waals surface area contributed by atoms with E-state index in [1.165, 1.54) is 0 Å². The standard InChI is InChI=1S/C11H14FNO3S2/c12-18(15,16)8-10-5-11(14)13(6-10)3-1-9-2-4-17-7-9/h2,4,7,10H,1,3,5-6,8H2. The van der Waals surface area contributed by atoms with Gasteiger partial charge in [-0.1, -0.05) is 0 Å². The summed E-state index contributed by atoms with van der Waals surface area (Å²) in [4.78, 5) is 13.3. The Labute approximate surface area is 110 Å². The molecule has 4 nitrogen and oxygen atoms in total. The maximum Gasteiger partial charge on any atom is 0.302 e. The molecular formula is C11H14FNO3S2. The first kappa shape index (κ1) is 13.5. The van der Waals surface area contributed by atoms with Crippen molar-refractivity contribution in [1.29, 1.82) is 0 Å². The van der Waals surface area contributed by atoms with Gasteiger partial charge in [-0.2, -0.15) is 19.8 Å². The van der Waals surface area contributed by atoms with Gasteiger partial charge in [0.2, 0.25) is 5.91 Å². The fourth-order valence-electron chi connectivity index (χ4n) is 2.16. The minimum atomic E-state index is -4.49. The van der Waals surface area contributed by atoms with Crippen molar-refractivity contribution in [3.63, 3.8) is 0 Å². The molecule has 2 heterocycles. The lowest BCUT2D eigenvalue weighted by Gasteiger charge is -2.15. The zero-order valence-electron chi connectivity index (χ0n) is 9.71. The quantitative estimate of drug-likeness (QED) is 0.771. The fraction of sp³-hybridized carbons (Fsp3) is 0.545.